The summed E-state index contributed by atoms with van der Waals surface area (Å²) < 4.78 is 1.93. The minimum absolute atomic E-state index is 0.213. The van der Waals surface area contributed by atoms with Crippen molar-refractivity contribution in [3.63, 3.8) is 0 Å². The van der Waals surface area contributed by atoms with Crippen molar-refractivity contribution in [2.75, 3.05) is 6.54 Å². The van der Waals surface area contributed by atoms with Gasteiger partial charge in [-0.15, -0.1) is 0 Å². The summed E-state index contributed by atoms with van der Waals surface area (Å²) >= 11 is 0. The van der Waals surface area contributed by atoms with E-state index in [2.05, 4.69) is 33.4 Å². The predicted octanol–water partition coefficient (Wildman–Crippen LogP) is 1.34. The van der Waals surface area contributed by atoms with Crippen molar-refractivity contribution >= 4 is 0 Å². The van der Waals surface area contributed by atoms with Gasteiger partial charge in [0.05, 0.1) is 11.7 Å². The highest BCUT2D eigenvalue weighted by Crippen LogP contribution is 2.15. The lowest BCUT2D eigenvalue weighted by molar-refractivity contribution is 0.508. The average Bonchev–Trinajstić information content (AvgIpc) is 2.88. The maximum Gasteiger partial charge on any atom is 0.123 e. The first kappa shape index (κ1) is 11.9. The van der Waals surface area contributed by atoms with Crippen LogP contribution in [0.3, 0.4) is 0 Å². The first-order valence-corrected chi connectivity index (χ1v) is 5.93. The summed E-state index contributed by atoms with van der Waals surface area (Å²) in [5.74, 6) is 0.978. The summed E-state index contributed by atoms with van der Waals surface area (Å²) in [5, 5.41) is 7.80. The van der Waals surface area contributed by atoms with E-state index in [0.717, 1.165) is 24.5 Å². The third-order valence-electron chi connectivity index (χ3n) is 2.81. The molecule has 17 heavy (non-hydrogen) atoms. The first-order valence-electron chi connectivity index (χ1n) is 5.93. The van der Waals surface area contributed by atoms with E-state index in [-0.39, 0.29) is 6.04 Å². The molecule has 1 atom stereocenters. The molecule has 0 aliphatic rings. The van der Waals surface area contributed by atoms with Gasteiger partial charge in [-0.25, -0.2) is 4.98 Å². The van der Waals surface area contributed by atoms with Crippen molar-refractivity contribution in [2.45, 2.75) is 26.3 Å². The summed E-state index contributed by atoms with van der Waals surface area (Å²) in [6, 6.07) is 2.33. The van der Waals surface area contributed by atoms with E-state index in [1.807, 2.05) is 24.9 Å². The summed E-state index contributed by atoms with van der Waals surface area (Å²) in [7, 11) is 1.98. The lowest BCUT2D eigenvalue weighted by atomic mass is 10.1. The number of aromatic nitrogens is 4. The van der Waals surface area contributed by atoms with Crippen LogP contribution in [0.1, 0.15) is 30.2 Å². The molecule has 0 saturated carbocycles. The Kier molecular flexibility index (Phi) is 3.58. The molecule has 2 rings (SSSR count). The number of likely N-dealkylation sites (N-methyl/N-ethyl adjacent to an activating group) is 1. The fourth-order valence-corrected chi connectivity index (χ4v) is 2.04. The van der Waals surface area contributed by atoms with Crippen LogP contribution < -0.4 is 5.32 Å². The zero-order chi connectivity index (χ0) is 12.3. The number of H-pyrrole nitrogens is 1. The Bertz CT molecular complexity index is 457. The van der Waals surface area contributed by atoms with Gasteiger partial charge < -0.3 is 10.3 Å². The van der Waals surface area contributed by atoms with Crippen LogP contribution in [0.25, 0.3) is 0 Å². The Balaban J connectivity index is 2.15. The fourth-order valence-electron chi connectivity index (χ4n) is 2.04. The minimum atomic E-state index is 0.213. The molecule has 2 heterocycles. The summed E-state index contributed by atoms with van der Waals surface area (Å²) in [6.07, 6.45) is 4.53. The molecule has 92 valence electrons. The van der Waals surface area contributed by atoms with Crippen LogP contribution >= 0.6 is 0 Å². The van der Waals surface area contributed by atoms with Gasteiger partial charge in [0.15, 0.2) is 0 Å². The number of nitrogens with zero attached hydrogens (tertiary/aromatic N) is 3. The molecule has 5 heteroatoms. The van der Waals surface area contributed by atoms with Crippen LogP contribution in [0.5, 0.6) is 0 Å². The Morgan fingerprint density at radius 3 is 2.88 bits per heavy atom. The predicted molar refractivity (Wildman–Crippen MR) is 66.7 cm³/mol. The molecular weight excluding hydrogens is 214 g/mol. The second-order valence-electron chi connectivity index (χ2n) is 4.19. The number of nitrogens with one attached hydrogen (secondary N) is 2. The van der Waals surface area contributed by atoms with Crippen LogP contribution in [-0.4, -0.2) is 26.3 Å². The van der Waals surface area contributed by atoms with Gasteiger partial charge in [0, 0.05) is 31.6 Å². The van der Waals surface area contributed by atoms with Gasteiger partial charge >= 0.3 is 0 Å². The zero-order valence-electron chi connectivity index (χ0n) is 10.6. The molecule has 0 amide bonds. The summed E-state index contributed by atoms with van der Waals surface area (Å²) in [4.78, 5) is 7.49. The van der Waals surface area contributed by atoms with Crippen molar-refractivity contribution in [2.24, 2.45) is 7.05 Å². The van der Waals surface area contributed by atoms with Crippen molar-refractivity contribution in [1.29, 1.82) is 0 Å². The largest absolute Gasteiger partial charge is 0.347 e. The minimum Gasteiger partial charge on any atom is -0.347 e. The third-order valence-corrected chi connectivity index (χ3v) is 2.81. The van der Waals surface area contributed by atoms with E-state index < -0.39 is 0 Å². The van der Waals surface area contributed by atoms with Crippen LogP contribution in [-0.2, 0) is 13.5 Å². The SMILES string of the molecule is CCNC(Cc1cc(C)nn1C)c1ncc[nH]1. The molecule has 0 bridgehead atoms. The number of imidazole rings is 1. The summed E-state index contributed by atoms with van der Waals surface area (Å²) in [5.41, 5.74) is 2.27. The second-order valence-corrected chi connectivity index (χ2v) is 4.19. The molecule has 0 aromatic carbocycles. The van der Waals surface area contributed by atoms with E-state index in [0.29, 0.717) is 0 Å². The maximum atomic E-state index is 4.36. The first-order chi connectivity index (χ1) is 8.20. The van der Waals surface area contributed by atoms with Gasteiger partial charge in [-0.2, -0.15) is 5.10 Å². The molecule has 0 aliphatic carbocycles. The van der Waals surface area contributed by atoms with Crippen LogP contribution in [0.2, 0.25) is 0 Å². The number of aromatic amines is 1. The van der Waals surface area contributed by atoms with Crippen LogP contribution in [0.4, 0.5) is 0 Å². The number of rotatable bonds is 5. The molecule has 0 aliphatic heterocycles. The second kappa shape index (κ2) is 5.14. The fraction of sp³-hybridized carbons (Fsp3) is 0.500. The Morgan fingerprint density at radius 2 is 2.35 bits per heavy atom. The van der Waals surface area contributed by atoms with E-state index >= 15 is 0 Å². The van der Waals surface area contributed by atoms with E-state index in [1.54, 1.807) is 6.20 Å². The molecular formula is C12H19N5. The standard InChI is InChI=1S/C12H19N5/c1-4-13-11(12-14-5-6-15-12)8-10-7-9(2)16-17(10)3/h5-7,11,13H,4,8H2,1-3H3,(H,14,15). The average molecular weight is 233 g/mol. The van der Waals surface area contributed by atoms with Gasteiger partial charge in [0.2, 0.25) is 0 Å². The normalized spacial score (nSPS) is 12.9. The monoisotopic (exact) mass is 233 g/mol. The highest BCUT2D eigenvalue weighted by atomic mass is 15.3. The number of hydrogen-bond donors (Lipinski definition) is 2. The zero-order valence-corrected chi connectivity index (χ0v) is 10.6. The lowest BCUT2D eigenvalue weighted by Crippen LogP contribution is -2.24. The van der Waals surface area contributed by atoms with Gasteiger partial charge in [-0.05, 0) is 19.5 Å². The highest BCUT2D eigenvalue weighted by molar-refractivity contribution is 5.12. The van der Waals surface area contributed by atoms with E-state index in [4.69, 9.17) is 0 Å². The quantitative estimate of drug-likeness (QED) is 0.819. The molecule has 2 aromatic rings. The van der Waals surface area contributed by atoms with Crippen LogP contribution in [0, 0.1) is 6.92 Å². The van der Waals surface area contributed by atoms with Crippen molar-refractivity contribution in [1.82, 2.24) is 25.1 Å². The molecule has 2 aromatic heterocycles. The molecule has 0 saturated heterocycles. The molecule has 0 fully saturated rings. The van der Waals surface area contributed by atoms with Crippen LogP contribution in [0.15, 0.2) is 18.5 Å². The molecule has 0 spiro atoms. The third kappa shape index (κ3) is 2.74. The van der Waals surface area contributed by atoms with Crippen molar-refractivity contribution in [3.05, 3.63) is 35.7 Å². The van der Waals surface area contributed by atoms with Gasteiger partial charge in [-0.3, -0.25) is 4.68 Å². The smallest absolute Gasteiger partial charge is 0.123 e. The van der Waals surface area contributed by atoms with Gasteiger partial charge in [0.25, 0.3) is 0 Å². The topological polar surface area (TPSA) is 58.5 Å². The van der Waals surface area contributed by atoms with Crippen molar-refractivity contribution in [3.8, 4) is 0 Å². The Labute approximate surface area is 101 Å². The molecule has 2 N–H and O–H groups in total. The molecule has 1 unspecified atom stereocenters. The molecule has 5 nitrogen and oxygen atoms in total. The van der Waals surface area contributed by atoms with Gasteiger partial charge in [0.1, 0.15) is 5.82 Å². The summed E-state index contributed by atoms with van der Waals surface area (Å²) in [6.45, 7) is 5.03. The van der Waals surface area contributed by atoms with Crippen molar-refractivity contribution < 1.29 is 0 Å². The Morgan fingerprint density at radius 1 is 1.53 bits per heavy atom. The number of aryl methyl sites for hydroxylation is 2. The van der Waals surface area contributed by atoms with E-state index in [9.17, 15) is 0 Å². The van der Waals surface area contributed by atoms with E-state index in [1.165, 1.54) is 5.69 Å². The lowest BCUT2D eigenvalue weighted by Gasteiger charge is -2.15. The Hall–Kier alpha value is -1.62. The van der Waals surface area contributed by atoms with Gasteiger partial charge in [-0.1, -0.05) is 6.92 Å². The molecule has 0 radical (unpaired) electrons. The number of hydrogen-bond acceptors (Lipinski definition) is 3. The maximum absolute atomic E-state index is 4.36. The highest BCUT2D eigenvalue weighted by Gasteiger charge is 2.15.